The molecule has 1 fully saturated rings. The average molecular weight is 628 g/mol. The molecule has 3 aromatic carbocycles. The van der Waals surface area contributed by atoms with E-state index < -0.39 is 0 Å². The van der Waals surface area contributed by atoms with Crippen LogP contribution in [0, 0.1) is 0 Å². The van der Waals surface area contributed by atoms with E-state index >= 15 is 0 Å². The highest BCUT2D eigenvalue weighted by atomic mass is 79.9. The molecule has 0 atom stereocenters. The molecule has 5 aromatic rings. The first-order chi connectivity index (χ1) is 20.0. The maximum atomic E-state index is 12.8. The molecular weight excluding hydrogens is 596 g/mol. The molecule has 0 bridgehead atoms. The van der Waals surface area contributed by atoms with Crippen molar-refractivity contribution in [1.82, 2.24) is 14.7 Å². The van der Waals surface area contributed by atoms with Crippen LogP contribution in [-0.2, 0) is 13.1 Å². The molecule has 6 rings (SSSR count). The summed E-state index contributed by atoms with van der Waals surface area (Å²) in [5.74, 6) is 1.52. The molecule has 0 spiro atoms. The number of nitrogens with zero attached hydrogens (tertiary/aromatic N) is 2. The SMILES string of the molecule is O=C(NCc1ccc(CNc2cc(-c3ccccc3Cl)nc3c(Br)ccn23)cc1)c1ccc(C2CCCCC2)cc1. The summed E-state index contributed by atoms with van der Waals surface area (Å²) in [6, 6.07) is 28.2. The Morgan fingerprint density at radius 1 is 0.902 bits per heavy atom. The van der Waals surface area contributed by atoms with Crippen LogP contribution in [0.15, 0.2) is 95.6 Å². The third-order valence-electron chi connectivity index (χ3n) is 7.92. The van der Waals surface area contributed by atoms with Crippen molar-refractivity contribution in [3.63, 3.8) is 0 Å². The molecule has 1 saturated carbocycles. The van der Waals surface area contributed by atoms with Crippen LogP contribution in [0.25, 0.3) is 16.9 Å². The number of amides is 1. The van der Waals surface area contributed by atoms with Gasteiger partial charge in [-0.2, -0.15) is 0 Å². The first kappa shape index (κ1) is 27.6. The van der Waals surface area contributed by atoms with E-state index in [4.69, 9.17) is 16.6 Å². The Kier molecular flexibility index (Phi) is 8.40. The van der Waals surface area contributed by atoms with Gasteiger partial charge in [-0.1, -0.05) is 85.5 Å². The Labute approximate surface area is 254 Å². The molecule has 0 unspecified atom stereocenters. The molecule has 1 aliphatic carbocycles. The van der Waals surface area contributed by atoms with Gasteiger partial charge in [-0.3, -0.25) is 9.20 Å². The summed E-state index contributed by atoms with van der Waals surface area (Å²) in [4.78, 5) is 17.6. The van der Waals surface area contributed by atoms with Crippen molar-refractivity contribution < 1.29 is 4.79 Å². The zero-order chi connectivity index (χ0) is 28.2. The number of rotatable bonds is 8. The van der Waals surface area contributed by atoms with Crippen LogP contribution in [0.2, 0.25) is 5.02 Å². The van der Waals surface area contributed by atoms with Crippen LogP contribution in [0.1, 0.15) is 65.1 Å². The van der Waals surface area contributed by atoms with Crippen LogP contribution >= 0.6 is 27.5 Å². The fourth-order valence-electron chi connectivity index (χ4n) is 5.58. The molecule has 0 aliphatic heterocycles. The van der Waals surface area contributed by atoms with Gasteiger partial charge in [0.05, 0.1) is 10.2 Å². The Morgan fingerprint density at radius 3 is 2.34 bits per heavy atom. The first-order valence-corrected chi connectivity index (χ1v) is 15.3. The van der Waals surface area contributed by atoms with E-state index in [2.05, 4.69) is 63.0 Å². The standard InChI is InChI=1S/C34H32BrClN4O/c35-29-18-19-40-32(20-31(39-33(29)40)28-8-4-5-9-30(28)36)37-21-23-10-12-24(13-11-23)22-38-34(41)27-16-14-26(15-17-27)25-6-2-1-3-7-25/h4-5,8-20,25,37H,1-3,6-7,21-22H2,(H,38,41). The maximum absolute atomic E-state index is 12.8. The van der Waals surface area contributed by atoms with E-state index in [0.29, 0.717) is 29.6 Å². The van der Waals surface area contributed by atoms with Crippen molar-refractivity contribution in [3.8, 4) is 11.3 Å². The third kappa shape index (κ3) is 6.34. The fraction of sp³-hybridized carbons (Fsp3) is 0.235. The van der Waals surface area contributed by atoms with Crippen molar-refractivity contribution in [2.75, 3.05) is 5.32 Å². The van der Waals surface area contributed by atoms with Crippen molar-refractivity contribution in [2.45, 2.75) is 51.1 Å². The van der Waals surface area contributed by atoms with Crippen LogP contribution in [0.4, 0.5) is 5.82 Å². The van der Waals surface area contributed by atoms with E-state index in [0.717, 1.165) is 38.3 Å². The van der Waals surface area contributed by atoms with E-state index in [1.54, 1.807) is 0 Å². The Hall–Kier alpha value is -3.61. The summed E-state index contributed by atoms with van der Waals surface area (Å²) in [5, 5.41) is 7.28. The third-order valence-corrected chi connectivity index (χ3v) is 8.87. The summed E-state index contributed by atoms with van der Waals surface area (Å²) >= 11 is 10.1. The monoisotopic (exact) mass is 626 g/mol. The number of carbonyl (C=O) groups is 1. The lowest BCUT2D eigenvalue weighted by atomic mass is 9.84. The van der Waals surface area contributed by atoms with E-state index in [-0.39, 0.29) is 5.91 Å². The van der Waals surface area contributed by atoms with Gasteiger partial charge in [0.2, 0.25) is 0 Å². The Morgan fingerprint density at radius 2 is 1.61 bits per heavy atom. The highest BCUT2D eigenvalue weighted by Gasteiger charge is 2.16. The lowest BCUT2D eigenvalue weighted by molar-refractivity contribution is 0.0951. The summed E-state index contributed by atoms with van der Waals surface area (Å²) in [5.41, 5.74) is 6.78. The van der Waals surface area contributed by atoms with Gasteiger partial charge in [0.25, 0.3) is 5.91 Å². The molecule has 2 N–H and O–H groups in total. The van der Waals surface area contributed by atoms with Crippen molar-refractivity contribution in [2.24, 2.45) is 0 Å². The van der Waals surface area contributed by atoms with E-state index in [1.165, 1.54) is 37.7 Å². The van der Waals surface area contributed by atoms with Gasteiger partial charge in [-0.05, 0) is 75.6 Å². The smallest absolute Gasteiger partial charge is 0.251 e. The molecule has 41 heavy (non-hydrogen) atoms. The molecule has 7 heteroatoms. The Bertz CT molecular complexity index is 1660. The Balaban J connectivity index is 1.08. The summed E-state index contributed by atoms with van der Waals surface area (Å²) in [7, 11) is 0. The molecule has 5 nitrogen and oxygen atoms in total. The van der Waals surface area contributed by atoms with Crippen LogP contribution < -0.4 is 10.6 Å². The first-order valence-electron chi connectivity index (χ1n) is 14.2. The van der Waals surface area contributed by atoms with Gasteiger partial charge in [0.15, 0.2) is 5.65 Å². The number of aromatic nitrogens is 2. The molecule has 2 heterocycles. The van der Waals surface area contributed by atoms with Gasteiger partial charge in [-0.15, -0.1) is 0 Å². The largest absolute Gasteiger partial charge is 0.367 e. The second-order valence-electron chi connectivity index (χ2n) is 10.7. The molecule has 0 saturated heterocycles. The minimum absolute atomic E-state index is 0.0418. The predicted molar refractivity (Wildman–Crippen MR) is 171 cm³/mol. The van der Waals surface area contributed by atoms with Gasteiger partial charge in [0, 0.05) is 41.5 Å². The second-order valence-corrected chi connectivity index (χ2v) is 11.9. The fourth-order valence-corrected chi connectivity index (χ4v) is 6.22. The summed E-state index contributed by atoms with van der Waals surface area (Å²) in [6.45, 7) is 1.12. The number of benzene rings is 3. The summed E-state index contributed by atoms with van der Waals surface area (Å²) in [6.07, 6.45) is 8.48. The summed E-state index contributed by atoms with van der Waals surface area (Å²) < 4.78 is 2.94. The number of carbonyl (C=O) groups excluding carboxylic acids is 1. The molecule has 1 aliphatic rings. The predicted octanol–water partition coefficient (Wildman–Crippen LogP) is 9.01. The number of hydrogen-bond donors (Lipinski definition) is 2. The number of fused-ring (bicyclic) bond motifs is 1. The lowest BCUT2D eigenvalue weighted by Crippen LogP contribution is -2.22. The highest BCUT2D eigenvalue weighted by molar-refractivity contribution is 9.10. The normalized spacial score (nSPS) is 13.8. The topological polar surface area (TPSA) is 58.4 Å². The van der Waals surface area contributed by atoms with Crippen LogP contribution in [0.5, 0.6) is 0 Å². The zero-order valence-electron chi connectivity index (χ0n) is 22.7. The van der Waals surface area contributed by atoms with Gasteiger partial charge < -0.3 is 10.6 Å². The van der Waals surface area contributed by atoms with Gasteiger partial charge in [0.1, 0.15) is 5.82 Å². The maximum Gasteiger partial charge on any atom is 0.251 e. The lowest BCUT2D eigenvalue weighted by Gasteiger charge is -2.22. The van der Waals surface area contributed by atoms with Gasteiger partial charge >= 0.3 is 0 Å². The second kappa shape index (κ2) is 12.5. The van der Waals surface area contributed by atoms with Crippen molar-refractivity contribution in [3.05, 3.63) is 123 Å². The van der Waals surface area contributed by atoms with E-state index in [1.807, 2.05) is 59.1 Å². The van der Waals surface area contributed by atoms with Gasteiger partial charge in [-0.25, -0.2) is 4.98 Å². The molecule has 0 radical (unpaired) electrons. The average Bonchev–Trinajstić information content (AvgIpc) is 3.40. The molecule has 1 amide bonds. The molecule has 208 valence electrons. The van der Waals surface area contributed by atoms with Crippen molar-refractivity contribution >= 4 is 44.9 Å². The zero-order valence-corrected chi connectivity index (χ0v) is 25.1. The number of anilines is 1. The highest BCUT2D eigenvalue weighted by Crippen LogP contribution is 2.33. The quantitative estimate of drug-likeness (QED) is 0.181. The minimum atomic E-state index is -0.0418. The van der Waals surface area contributed by atoms with Crippen molar-refractivity contribution in [1.29, 1.82) is 0 Å². The van der Waals surface area contributed by atoms with Crippen LogP contribution in [0.3, 0.4) is 0 Å². The van der Waals surface area contributed by atoms with E-state index in [9.17, 15) is 4.79 Å². The molecule has 2 aromatic heterocycles. The van der Waals surface area contributed by atoms with Crippen LogP contribution in [-0.4, -0.2) is 15.3 Å². The number of nitrogens with one attached hydrogen (secondary N) is 2. The minimum Gasteiger partial charge on any atom is -0.367 e. The number of hydrogen-bond acceptors (Lipinski definition) is 3. The molecular formula is C34H32BrClN4O. The number of halogens is 2.